The zero-order valence-corrected chi connectivity index (χ0v) is 6.20. The van der Waals surface area contributed by atoms with E-state index in [2.05, 4.69) is 12.6 Å². The zero-order chi connectivity index (χ0) is 7.56. The van der Waals surface area contributed by atoms with Gasteiger partial charge in [-0.05, 0) is 0 Å². The summed E-state index contributed by atoms with van der Waals surface area (Å²) >= 11 is 4.12. The summed E-state index contributed by atoms with van der Waals surface area (Å²) in [5.41, 5.74) is 0. The maximum Gasteiger partial charge on any atom is 0.228 e. The minimum absolute atomic E-state index is 0.0930. The SMILES string of the molecule is O=CN1CC(S)CN1C=O. The Labute approximate surface area is 64.2 Å². The quantitative estimate of drug-likeness (QED) is 0.421. The van der Waals surface area contributed by atoms with Crippen molar-refractivity contribution in [3.8, 4) is 0 Å². The number of carbonyl (C=O) groups excluding carboxylic acids is 2. The van der Waals surface area contributed by atoms with Gasteiger partial charge in [0, 0.05) is 5.25 Å². The van der Waals surface area contributed by atoms with Crippen molar-refractivity contribution in [2.75, 3.05) is 13.1 Å². The Morgan fingerprint density at radius 1 is 1.20 bits per heavy atom. The molecule has 1 aliphatic rings. The number of hydrogen-bond donors (Lipinski definition) is 1. The molecule has 0 N–H and O–H groups in total. The van der Waals surface area contributed by atoms with Gasteiger partial charge in [0.1, 0.15) is 0 Å². The van der Waals surface area contributed by atoms with Crippen LogP contribution in [0.5, 0.6) is 0 Å². The summed E-state index contributed by atoms with van der Waals surface area (Å²) in [4.78, 5) is 20.4. The predicted octanol–water partition coefficient (Wildman–Crippen LogP) is -0.870. The summed E-state index contributed by atoms with van der Waals surface area (Å²) in [6.07, 6.45) is 1.26. The molecule has 10 heavy (non-hydrogen) atoms. The molecule has 1 rings (SSSR count). The Bertz CT molecular complexity index is 137. The maximum atomic E-state index is 10.2. The second kappa shape index (κ2) is 2.92. The van der Waals surface area contributed by atoms with Gasteiger partial charge in [-0.25, -0.2) is 0 Å². The van der Waals surface area contributed by atoms with Crippen molar-refractivity contribution in [3.63, 3.8) is 0 Å². The summed E-state index contributed by atoms with van der Waals surface area (Å²) in [6.45, 7) is 1.04. The maximum absolute atomic E-state index is 10.2. The van der Waals surface area contributed by atoms with Crippen molar-refractivity contribution in [2.24, 2.45) is 0 Å². The highest BCUT2D eigenvalue weighted by atomic mass is 32.1. The number of rotatable bonds is 2. The highest BCUT2D eigenvalue weighted by Gasteiger charge is 2.24. The number of hydrogen-bond acceptors (Lipinski definition) is 3. The molecule has 5 heteroatoms. The summed E-state index contributed by atoms with van der Waals surface area (Å²) in [5, 5.41) is 2.71. The number of thiol groups is 1. The van der Waals surface area contributed by atoms with Gasteiger partial charge in [0.15, 0.2) is 0 Å². The van der Waals surface area contributed by atoms with E-state index < -0.39 is 0 Å². The van der Waals surface area contributed by atoms with Crippen LogP contribution in [0.15, 0.2) is 0 Å². The second-order valence-corrected chi connectivity index (χ2v) is 2.84. The summed E-state index contributed by atoms with van der Waals surface area (Å²) in [6, 6.07) is 0. The first-order chi connectivity index (χ1) is 4.77. The Morgan fingerprint density at radius 2 is 1.60 bits per heavy atom. The molecule has 0 spiro atoms. The molecule has 4 nitrogen and oxygen atoms in total. The molecule has 0 aromatic heterocycles. The van der Waals surface area contributed by atoms with E-state index in [1.165, 1.54) is 10.0 Å². The molecule has 1 heterocycles. The fourth-order valence-electron chi connectivity index (χ4n) is 0.907. The summed E-state index contributed by atoms with van der Waals surface area (Å²) in [7, 11) is 0. The molecule has 56 valence electrons. The van der Waals surface area contributed by atoms with Gasteiger partial charge in [0.25, 0.3) is 0 Å². The van der Waals surface area contributed by atoms with Crippen molar-refractivity contribution < 1.29 is 9.59 Å². The normalized spacial score (nSPS) is 19.7. The number of amides is 2. The van der Waals surface area contributed by atoms with E-state index in [1.54, 1.807) is 0 Å². The first-order valence-corrected chi connectivity index (χ1v) is 3.41. The van der Waals surface area contributed by atoms with Crippen molar-refractivity contribution in [2.45, 2.75) is 5.25 Å². The van der Waals surface area contributed by atoms with E-state index in [-0.39, 0.29) is 5.25 Å². The van der Waals surface area contributed by atoms with Gasteiger partial charge in [0.2, 0.25) is 12.8 Å². The number of carbonyl (C=O) groups is 2. The number of hydrazine groups is 1. The highest BCUT2D eigenvalue weighted by Crippen LogP contribution is 2.10. The second-order valence-electron chi connectivity index (χ2n) is 2.11. The standard InChI is InChI=1S/C5H8N2O2S/c8-3-6-1-5(10)2-7(6)4-9/h3-5,10H,1-2H2. The molecule has 0 aliphatic carbocycles. The minimum Gasteiger partial charge on any atom is -0.277 e. The van der Waals surface area contributed by atoms with Crippen LogP contribution >= 0.6 is 12.6 Å². The van der Waals surface area contributed by atoms with Crippen LogP contribution in [0.25, 0.3) is 0 Å². The van der Waals surface area contributed by atoms with Crippen LogP contribution < -0.4 is 0 Å². The lowest BCUT2D eigenvalue weighted by molar-refractivity contribution is -0.141. The fraction of sp³-hybridized carbons (Fsp3) is 0.600. The van der Waals surface area contributed by atoms with Crippen molar-refractivity contribution in [1.82, 2.24) is 10.0 Å². The molecule has 0 bridgehead atoms. The Hall–Kier alpha value is -0.710. The van der Waals surface area contributed by atoms with Crippen LogP contribution in [-0.4, -0.2) is 41.2 Å². The molecular formula is C5H8N2O2S. The van der Waals surface area contributed by atoms with Gasteiger partial charge in [-0.3, -0.25) is 19.6 Å². The fourth-order valence-corrected chi connectivity index (χ4v) is 1.24. The Kier molecular flexibility index (Phi) is 2.16. The molecular weight excluding hydrogens is 152 g/mol. The molecule has 1 saturated heterocycles. The van der Waals surface area contributed by atoms with Crippen molar-refractivity contribution in [1.29, 1.82) is 0 Å². The lowest BCUT2D eigenvalue weighted by Crippen LogP contribution is -2.33. The Balaban J connectivity index is 2.56. The first-order valence-electron chi connectivity index (χ1n) is 2.89. The van der Waals surface area contributed by atoms with Gasteiger partial charge < -0.3 is 0 Å². The van der Waals surface area contributed by atoms with E-state index >= 15 is 0 Å². The van der Waals surface area contributed by atoms with Crippen LogP contribution in [0.1, 0.15) is 0 Å². The van der Waals surface area contributed by atoms with Crippen LogP contribution in [0, 0.1) is 0 Å². The van der Waals surface area contributed by atoms with E-state index in [9.17, 15) is 9.59 Å². The van der Waals surface area contributed by atoms with Gasteiger partial charge in [-0.15, -0.1) is 0 Å². The topological polar surface area (TPSA) is 40.6 Å². The van der Waals surface area contributed by atoms with Gasteiger partial charge in [-0.1, -0.05) is 0 Å². The van der Waals surface area contributed by atoms with Crippen molar-refractivity contribution >= 4 is 25.4 Å². The smallest absolute Gasteiger partial charge is 0.228 e. The average molecular weight is 160 g/mol. The van der Waals surface area contributed by atoms with E-state index in [1.807, 2.05) is 0 Å². The van der Waals surface area contributed by atoms with Gasteiger partial charge in [0.05, 0.1) is 13.1 Å². The molecule has 0 radical (unpaired) electrons. The molecule has 0 saturated carbocycles. The summed E-state index contributed by atoms with van der Waals surface area (Å²) in [5.74, 6) is 0. The van der Waals surface area contributed by atoms with Crippen LogP contribution in [0.2, 0.25) is 0 Å². The van der Waals surface area contributed by atoms with E-state index in [4.69, 9.17) is 0 Å². The molecule has 0 atom stereocenters. The molecule has 1 fully saturated rings. The largest absolute Gasteiger partial charge is 0.277 e. The third kappa shape index (κ3) is 1.23. The predicted molar refractivity (Wildman–Crippen MR) is 38.3 cm³/mol. The van der Waals surface area contributed by atoms with E-state index in [0.29, 0.717) is 25.9 Å². The van der Waals surface area contributed by atoms with Gasteiger partial charge >= 0.3 is 0 Å². The van der Waals surface area contributed by atoms with Crippen molar-refractivity contribution in [3.05, 3.63) is 0 Å². The van der Waals surface area contributed by atoms with Crippen LogP contribution in [0.3, 0.4) is 0 Å². The van der Waals surface area contributed by atoms with Crippen LogP contribution in [-0.2, 0) is 9.59 Å². The first kappa shape index (κ1) is 7.40. The summed E-state index contributed by atoms with van der Waals surface area (Å²) < 4.78 is 0. The molecule has 0 aromatic rings. The molecule has 0 aromatic carbocycles. The van der Waals surface area contributed by atoms with E-state index in [0.717, 1.165) is 0 Å². The zero-order valence-electron chi connectivity index (χ0n) is 5.30. The molecule has 0 unspecified atom stereocenters. The minimum atomic E-state index is 0.0930. The van der Waals surface area contributed by atoms with Gasteiger partial charge in [-0.2, -0.15) is 12.6 Å². The Morgan fingerprint density at radius 3 is 1.90 bits per heavy atom. The lowest BCUT2D eigenvalue weighted by atomic mass is 10.4. The van der Waals surface area contributed by atoms with Crippen LogP contribution in [0.4, 0.5) is 0 Å². The average Bonchev–Trinajstić information content (AvgIpc) is 2.30. The lowest BCUT2D eigenvalue weighted by Gasteiger charge is -2.17. The number of nitrogens with zero attached hydrogens (tertiary/aromatic N) is 2. The third-order valence-corrected chi connectivity index (χ3v) is 1.70. The molecule has 1 aliphatic heterocycles. The molecule has 2 amide bonds. The highest BCUT2D eigenvalue weighted by molar-refractivity contribution is 7.81. The third-order valence-electron chi connectivity index (χ3n) is 1.37. The monoisotopic (exact) mass is 160 g/mol.